The van der Waals surface area contributed by atoms with Gasteiger partial charge in [-0.3, -0.25) is 4.90 Å². The average Bonchev–Trinajstić information content (AvgIpc) is 2.89. The van der Waals surface area contributed by atoms with Gasteiger partial charge in [-0.1, -0.05) is 30.3 Å². The summed E-state index contributed by atoms with van der Waals surface area (Å²) in [5, 5.41) is 11.1. The molecule has 0 spiro atoms. The van der Waals surface area contributed by atoms with Gasteiger partial charge in [0.1, 0.15) is 0 Å². The Kier molecular flexibility index (Phi) is 7.46. The van der Waals surface area contributed by atoms with Crippen molar-refractivity contribution in [2.75, 3.05) is 40.1 Å². The van der Waals surface area contributed by atoms with E-state index >= 15 is 0 Å². The van der Waals surface area contributed by atoms with E-state index in [1.165, 1.54) is 18.4 Å². The monoisotopic (exact) mass is 363 g/mol. The van der Waals surface area contributed by atoms with Gasteiger partial charge in [0.2, 0.25) is 0 Å². The fourth-order valence-electron chi connectivity index (χ4n) is 4.40. The van der Waals surface area contributed by atoms with Crippen LogP contribution in [0.3, 0.4) is 0 Å². The van der Waals surface area contributed by atoms with E-state index in [0.29, 0.717) is 45.1 Å². The van der Waals surface area contributed by atoms with Crippen LogP contribution in [0.15, 0.2) is 30.3 Å². The summed E-state index contributed by atoms with van der Waals surface area (Å²) < 4.78 is 16.0. The normalized spacial score (nSPS) is 28.5. The van der Waals surface area contributed by atoms with E-state index in [1.54, 1.807) is 7.11 Å². The van der Waals surface area contributed by atoms with Crippen LogP contribution >= 0.6 is 0 Å². The lowest BCUT2D eigenvalue weighted by Gasteiger charge is -2.44. The van der Waals surface area contributed by atoms with Crippen molar-refractivity contribution in [3.8, 4) is 0 Å². The van der Waals surface area contributed by atoms with Crippen LogP contribution in [-0.4, -0.2) is 67.8 Å². The van der Waals surface area contributed by atoms with Gasteiger partial charge >= 0.3 is 0 Å². The Hall–Kier alpha value is -0.980. The molecule has 2 saturated heterocycles. The Balaban J connectivity index is 1.38. The van der Waals surface area contributed by atoms with Gasteiger partial charge < -0.3 is 19.3 Å². The number of methoxy groups -OCH3 is 1. The number of rotatable bonds is 11. The average molecular weight is 363 g/mol. The SMILES string of the molecule is COCCOCCOCCC1(O)CC2CCC(C1)N2Cc1ccccc1. The molecule has 3 rings (SSSR count). The van der Waals surface area contributed by atoms with E-state index in [-0.39, 0.29) is 0 Å². The zero-order valence-corrected chi connectivity index (χ0v) is 15.9. The highest BCUT2D eigenvalue weighted by molar-refractivity contribution is 5.16. The second-order valence-electron chi connectivity index (χ2n) is 7.64. The smallest absolute Gasteiger partial charge is 0.0701 e. The maximum absolute atomic E-state index is 11.1. The van der Waals surface area contributed by atoms with Crippen molar-refractivity contribution >= 4 is 0 Å². The van der Waals surface area contributed by atoms with Gasteiger partial charge in [0.05, 0.1) is 32.0 Å². The van der Waals surface area contributed by atoms with E-state index in [4.69, 9.17) is 14.2 Å². The number of piperidine rings is 1. The van der Waals surface area contributed by atoms with Crippen molar-refractivity contribution in [2.24, 2.45) is 0 Å². The second kappa shape index (κ2) is 9.81. The van der Waals surface area contributed by atoms with Crippen molar-refractivity contribution < 1.29 is 19.3 Å². The van der Waals surface area contributed by atoms with Crippen LogP contribution in [0.4, 0.5) is 0 Å². The molecule has 2 aliphatic rings. The molecule has 1 aromatic carbocycles. The highest BCUT2D eigenvalue weighted by Gasteiger charge is 2.46. The first-order chi connectivity index (χ1) is 12.7. The third-order valence-corrected chi connectivity index (χ3v) is 5.73. The molecule has 5 heteroatoms. The number of ether oxygens (including phenoxy) is 3. The summed E-state index contributed by atoms with van der Waals surface area (Å²) in [6, 6.07) is 11.7. The summed E-state index contributed by atoms with van der Waals surface area (Å²) >= 11 is 0. The minimum Gasteiger partial charge on any atom is -0.390 e. The molecule has 0 saturated carbocycles. The Labute approximate surface area is 157 Å². The Bertz CT molecular complexity index is 510. The molecule has 0 radical (unpaired) electrons. The summed E-state index contributed by atoms with van der Waals surface area (Å²) in [5.74, 6) is 0. The van der Waals surface area contributed by atoms with Gasteiger partial charge in [0, 0.05) is 32.3 Å². The summed E-state index contributed by atoms with van der Waals surface area (Å²) in [6.07, 6.45) is 4.85. The molecule has 2 heterocycles. The van der Waals surface area contributed by atoms with Gasteiger partial charge in [-0.05, 0) is 37.7 Å². The number of hydrogen-bond acceptors (Lipinski definition) is 5. The molecule has 0 amide bonds. The maximum Gasteiger partial charge on any atom is 0.0701 e. The minimum atomic E-state index is -0.573. The van der Waals surface area contributed by atoms with Gasteiger partial charge in [0.15, 0.2) is 0 Å². The molecule has 1 N–H and O–H groups in total. The van der Waals surface area contributed by atoms with Crippen LogP contribution in [-0.2, 0) is 20.8 Å². The number of aliphatic hydroxyl groups is 1. The van der Waals surface area contributed by atoms with Gasteiger partial charge in [-0.2, -0.15) is 0 Å². The highest BCUT2D eigenvalue weighted by atomic mass is 16.5. The third kappa shape index (κ3) is 5.51. The largest absolute Gasteiger partial charge is 0.390 e. The zero-order chi connectivity index (χ0) is 18.2. The molecule has 2 aliphatic heterocycles. The summed E-state index contributed by atoms with van der Waals surface area (Å²) in [6.45, 7) is 3.97. The number of benzene rings is 1. The standard InChI is InChI=1S/C21H33NO4/c1-24-11-12-26-14-13-25-10-9-21(23)15-19-7-8-20(16-21)22(19)17-18-5-3-2-4-6-18/h2-6,19-20,23H,7-17H2,1H3. The topological polar surface area (TPSA) is 51.2 Å². The molecule has 0 aliphatic carbocycles. The number of hydrogen-bond donors (Lipinski definition) is 1. The number of nitrogens with zero attached hydrogens (tertiary/aromatic N) is 1. The molecule has 5 nitrogen and oxygen atoms in total. The molecular formula is C21H33NO4. The zero-order valence-electron chi connectivity index (χ0n) is 15.9. The van der Waals surface area contributed by atoms with Crippen LogP contribution in [0.5, 0.6) is 0 Å². The molecule has 2 unspecified atom stereocenters. The van der Waals surface area contributed by atoms with E-state index in [0.717, 1.165) is 25.8 Å². The van der Waals surface area contributed by atoms with E-state index < -0.39 is 5.60 Å². The van der Waals surface area contributed by atoms with Crippen molar-refractivity contribution in [1.29, 1.82) is 0 Å². The van der Waals surface area contributed by atoms with Crippen molar-refractivity contribution in [3.05, 3.63) is 35.9 Å². The molecule has 2 bridgehead atoms. The third-order valence-electron chi connectivity index (χ3n) is 5.73. The van der Waals surface area contributed by atoms with Gasteiger partial charge in [0.25, 0.3) is 0 Å². The Morgan fingerprint density at radius 2 is 1.58 bits per heavy atom. The lowest BCUT2D eigenvalue weighted by Crippen LogP contribution is -2.51. The van der Waals surface area contributed by atoms with Crippen LogP contribution in [0, 0.1) is 0 Å². The van der Waals surface area contributed by atoms with Gasteiger partial charge in [-0.25, -0.2) is 0 Å². The van der Waals surface area contributed by atoms with Crippen LogP contribution in [0.25, 0.3) is 0 Å². The van der Waals surface area contributed by atoms with Crippen molar-refractivity contribution in [3.63, 3.8) is 0 Å². The van der Waals surface area contributed by atoms with Crippen LogP contribution in [0.1, 0.15) is 37.7 Å². The molecule has 2 fully saturated rings. The molecule has 1 aromatic rings. The first-order valence-electron chi connectivity index (χ1n) is 9.87. The molecule has 146 valence electrons. The summed E-state index contributed by atoms with van der Waals surface area (Å²) in [7, 11) is 1.67. The first-order valence-corrected chi connectivity index (χ1v) is 9.87. The molecule has 0 aromatic heterocycles. The number of fused-ring (bicyclic) bond motifs is 2. The van der Waals surface area contributed by atoms with Crippen LogP contribution in [0.2, 0.25) is 0 Å². The van der Waals surface area contributed by atoms with Crippen molar-refractivity contribution in [2.45, 2.75) is 56.3 Å². The fourth-order valence-corrected chi connectivity index (χ4v) is 4.40. The molecular weight excluding hydrogens is 330 g/mol. The van der Waals surface area contributed by atoms with Crippen LogP contribution < -0.4 is 0 Å². The quantitative estimate of drug-likeness (QED) is 0.613. The lowest BCUT2D eigenvalue weighted by molar-refractivity contribution is -0.0755. The molecule has 26 heavy (non-hydrogen) atoms. The summed E-state index contributed by atoms with van der Waals surface area (Å²) in [5.41, 5.74) is 0.794. The Morgan fingerprint density at radius 3 is 2.23 bits per heavy atom. The molecule has 2 atom stereocenters. The maximum atomic E-state index is 11.1. The van der Waals surface area contributed by atoms with E-state index in [2.05, 4.69) is 35.2 Å². The lowest BCUT2D eigenvalue weighted by atomic mass is 9.83. The minimum absolute atomic E-state index is 0.497. The predicted octanol–water partition coefficient (Wildman–Crippen LogP) is 2.61. The Morgan fingerprint density at radius 1 is 0.962 bits per heavy atom. The van der Waals surface area contributed by atoms with E-state index in [1.807, 2.05) is 0 Å². The first kappa shape index (κ1) is 19.8. The van der Waals surface area contributed by atoms with Crippen molar-refractivity contribution in [1.82, 2.24) is 4.90 Å². The fraction of sp³-hybridized carbons (Fsp3) is 0.714. The highest BCUT2D eigenvalue weighted by Crippen LogP contribution is 2.42. The second-order valence-corrected chi connectivity index (χ2v) is 7.64. The van der Waals surface area contributed by atoms with E-state index in [9.17, 15) is 5.11 Å². The predicted molar refractivity (Wildman–Crippen MR) is 101 cm³/mol. The van der Waals surface area contributed by atoms with Gasteiger partial charge in [-0.15, -0.1) is 0 Å². The summed E-state index contributed by atoms with van der Waals surface area (Å²) in [4.78, 5) is 2.61.